The van der Waals surface area contributed by atoms with E-state index in [2.05, 4.69) is 11.9 Å². The van der Waals surface area contributed by atoms with Crippen molar-refractivity contribution in [3.05, 3.63) is 0 Å². The van der Waals surface area contributed by atoms with Gasteiger partial charge in [-0.15, -0.1) is 0 Å². The highest BCUT2D eigenvalue weighted by Crippen LogP contribution is 2.08. The van der Waals surface area contributed by atoms with Gasteiger partial charge < -0.3 is 5.73 Å². The first-order chi connectivity index (χ1) is 3.80. The van der Waals surface area contributed by atoms with E-state index in [0.29, 0.717) is 5.92 Å². The summed E-state index contributed by atoms with van der Waals surface area (Å²) in [7, 11) is 0. The number of hydrogen-bond acceptors (Lipinski definition) is 2. The summed E-state index contributed by atoms with van der Waals surface area (Å²) in [5.41, 5.74) is 5.63. The van der Waals surface area contributed by atoms with E-state index in [-0.39, 0.29) is 6.04 Å². The van der Waals surface area contributed by atoms with Crippen molar-refractivity contribution < 1.29 is 0 Å². The fourth-order valence-electron chi connectivity index (χ4n) is 0.814. The van der Waals surface area contributed by atoms with E-state index >= 15 is 0 Å². The Morgan fingerprint density at radius 1 is 1.75 bits per heavy atom. The van der Waals surface area contributed by atoms with E-state index in [1.807, 2.05) is 6.21 Å². The maximum Gasteiger partial charge on any atom is 0.0421 e. The van der Waals surface area contributed by atoms with Gasteiger partial charge in [-0.3, -0.25) is 4.99 Å². The Labute approximate surface area is 49.8 Å². The largest absolute Gasteiger partial charge is 0.323 e. The van der Waals surface area contributed by atoms with Gasteiger partial charge in [0.15, 0.2) is 0 Å². The third-order valence-corrected chi connectivity index (χ3v) is 1.65. The van der Waals surface area contributed by atoms with Crippen LogP contribution in [0.5, 0.6) is 0 Å². The van der Waals surface area contributed by atoms with E-state index in [9.17, 15) is 0 Å². The highest BCUT2D eigenvalue weighted by molar-refractivity contribution is 5.65. The fraction of sp³-hybridized carbons (Fsp3) is 0.833. The first-order valence-corrected chi connectivity index (χ1v) is 3.06. The topological polar surface area (TPSA) is 38.4 Å². The van der Waals surface area contributed by atoms with Crippen molar-refractivity contribution in [1.29, 1.82) is 0 Å². The summed E-state index contributed by atoms with van der Waals surface area (Å²) in [4.78, 5) is 4.06. The molecule has 0 bridgehead atoms. The molecule has 46 valence electrons. The molecule has 2 unspecified atom stereocenters. The maximum absolute atomic E-state index is 5.63. The van der Waals surface area contributed by atoms with Crippen LogP contribution in [0.25, 0.3) is 0 Å². The normalized spacial score (nSPS) is 37.8. The summed E-state index contributed by atoms with van der Waals surface area (Å²) >= 11 is 0. The monoisotopic (exact) mass is 112 g/mol. The van der Waals surface area contributed by atoms with Gasteiger partial charge in [-0.05, 0) is 12.3 Å². The Morgan fingerprint density at radius 3 is 2.88 bits per heavy atom. The molecule has 0 aliphatic carbocycles. The number of nitrogens with zero attached hydrogens (tertiary/aromatic N) is 1. The molecule has 1 aliphatic rings. The molecule has 1 rings (SSSR count). The lowest BCUT2D eigenvalue weighted by molar-refractivity contribution is 0.491. The van der Waals surface area contributed by atoms with Crippen LogP contribution in [0.4, 0.5) is 0 Å². The van der Waals surface area contributed by atoms with Crippen LogP contribution in [0, 0.1) is 5.92 Å². The van der Waals surface area contributed by atoms with E-state index in [0.717, 1.165) is 13.0 Å². The maximum atomic E-state index is 5.63. The second-order valence-electron chi connectivity index (χ2n) is 2.40. The highest BCUT2D eigenvalue weighted by Gasteiger charge is 2.12. The highest BCUT2D eigenvalue weighted by atomic mass is 14.8. The number of hydrogen-bond donors (Lipinski definition) is 1. The molecular formula is C6H12N2. The fourth-order valence-corrected chi connectivity index (χ4v) is 0.814. The molecule has 0 fully saturated rings. The van der Waals surface area contributed by atoms with Crippen LogP contribution in [0.15, 0.2) is 4.99 Å². The molecule has 0 aromatic rings. The second kappa shape index (κ2) is 2.27. The van der Waals surface area contributed by atoms with Gasteiger partial charge in [-0.2, -0.15) is 0 Å². The van der Waals surface area contributed by atoms with Gasteiger partial charge >= 0.3 is 0 Å². The zero-order valence-electron chi connectivity index (χ0n) is 5.17. The SMILES string of the molecule is CC1CCN=CC1N. The van der Waals surface area contributed by atoms with Crippen molar-refractivity contribution in [2.24, 2.45) is 16.6 Å². The predicted octanol–water partition coefficient (Wildman–Crippen LogP) is 0.424. The molecule has 1 aliphatic heterocycles. The minimum Gasteiger partial charge on any atom is -0.323 e. The first-order valence-electron chi connectivity index (χ1n) is 3.06. The van der Waals surface area contributed by atoms with Gasteiger partial charge in [0.05, 0.1) is 0 Å². The first kappa shape index (κ1) is 5.76. The molecule has 2 N–H and O–H groups in total. The van der Waals surface area contributed by atoms with Crippen LogP contribution >= 0.6 is 0 Å². The summed E-state index contributed by atoms with van der Waals surface area (Å²) in [6.45, 7) is 3.13. The van der Waals surface area contributed by atoms with Crippen LogP contribution in [0.1, 0.15) is 13.3 Å². The summed E-state index contributed by atoms with van der Waals surface area (Å²) in [5.74, 6) is 0.632. The molecule has 0 radical (unpaired) electrons. The van der Waals surface area contributed by atoms with Gasteiger partial charge in [0.25, 0.3) is 0 Å². The van der Waals surface area contributed by atoms with Crippen molar-refractivity contribution in [2.45, 2.75) is 19.4 Å². The minimum atomic E-state index is 0.212. The number of nitrogens with two attached hydrogens (primary N) is 1. The standard InChI is InChI=1S/C6H12N2/c1-5-2-3-8-4-6(5)7/h4-6H,2-3,7H2,1H3. The van der Waals surface area contributed by atoms with Gasteiger partial charge in [0, 0.05) is 18.8 Å². The van der Waals surface area contributed by atoms with E-state index in [1.54, 1.807) is 0 Å². The summed E-state index contributed by atoms with van der Waals surface area (Å²) in [6, 6.07) is 0.212. The lowest BCUT2D eigenvalue weighted by Gasteiger charge is -2.18. The predicted molar refractivity (Wildman–Crippen MR) is 35.1 cm³/mol. The Balaban J connectivity index is 2.47. The molecule has 0 aromatic heterocycles. The molecule has 0 aromatic carbocycles. The van der Waals surface area contributed by atoms with Crippen LogP contribution in [-0.4, -0.2) is 18.8 Å². The van der Waals surface area contributed by atoms with Crippen LogP contribution in [-0.2, 0) is 0 Å². The molecule has 8 heavy (non-hydrogen) atoms. The van der Waals surface area contributed by atoms with Crippen molar-refractivity contribution >= 4 is 6.21 Å². The van der Waals surface area contributed by atoms with E-state index in [4.69, 9.17) is 5.73 Å². The van der Waals surface area contributed by atoms with E-state index in [1.165, 1.54) is 0 Å². The molecule has 2 nitrogen and oxygen atoms in total. The molecule has 0 spiro atoms. The minimum absolute atomic E-state index is 0.212. The molecule has 1 heterocycles. The second-order valence-corrected chi connectivity index (χ2v) is 2.40. The third kappa shape index (κ3) is 1.07. The smallest absolute Gasteiger partial charge is 0.0421 e. The van der Waals surface area contributed by atoms with Crippen LogP contribution in [0.2, 0.25) is 0 Å². The van der Waals surface area contributed by atoms with E-state index < -0.39 is 0 Å². The lowest BCUT2D eigenvalue weighted by atomic mass is 9.98. The summed E-state index contributed by atoms with van der Waals surface area (Å²) in [6.07, 6.45) is 3.01. The molecule has 2 atom stereocenters. The Hall–Kier alpha value is -0.370. The summed E-state index contributed by atoms with van der Waals surface area (Å²) in [5, 5.41) is 0. The van der Waals surface area contributed by atoms with Gasteiger partial charge in [0.1, 0.15) is 0 Å². The Bertz CT molecular complexity index is 98.7. The van der Waals surface area contributed by atoms with Crippen LogP contribution in [0.3, 0.4) is 0 Å². The number of aliphatic imine (C=N–C) groups is 1. The third-order valence-electron chi connectivity index (χ3n) is 1.65. The van der Waals surface area contributed by atoms with Crippen molar-refractivity contribution in [3.8, 4) is 0 Å². The Morgan fingerprint density at radius 2 is 2.50 bits per heavy atom. The lowest BCUT2D eigenvalue weighted by Crippen LogP contribution is -2.32. The van der Waals surface area contributed by atoms with Gasteiger partial charge in [0.2, 0.25) is 0 Å². The van der Waals surface area contributed by atoms with Gasteiger partial charge in [-0.25, -0.2) is 0 Å². The molecule has 0 amide bonds. The average Bonchev–Trinajstić information content (AvgIpc) is 1.77. The van der Waals surface area contributed by atoms with Crippen molar-refractivity contribution in [1.82, 2.24) is 0 Å². The molecule has 0 saturated heterocycles. The zero-order valence-corrected chi connectivity index (χ0v) is 5.17. The quantitative estimate of drug-likeness (QED) is 0.484. The molecule has 0 saturated carbocycles. The van der Waals surface area contributed by atoms with Gasteiger partial charge in [-0.1, -0.05) is 6.92 Å². The Kier molecular flexibility index (Phi) is 1.63. The van der Waals surface area contributed by atoms with Crippen molar-refractivity contribution in [2.75, 3.05) is 6.54 Å². The molecule has 2 heteroatoms. The zero-order chi connectivity index (χ0) is 5.98. The van der Waals surface area contributed by atoms with Crippen LogP contribution < -0.4 is 5.73 Å². The van der Waals surface area contributed by atoms with Crippen molar-refractivity contribution in [3.63, 3.8) is 0 Å². The molecular weight excluding hydrogens is 100 g/mol. The summed E-state index contributed by atoms with van der Waals surface area (Å²) < 4.78 is 0. The average molecular weight is 112 g/mol. The number of rotatable bonds is 0.